The normalized spacial score (nSPS) is 22.9. The molecule has 2 aliphatic rings. The van der Waals surface area contributed by atoms with Crippen molar-refractivity contribution in [3.63, 3.8) is 0 Å². The lowest BCUT2D eigenvalue weighted by atomic mass is 9.99. The van der Waals surface area contributed by atoms with Crippen molar-refractivity contribution in [3.8, 4) is 0 Å². The average Bonchev–Trinajstić information content (AvgIpc) is 2.46. The number of hydrogen-bond donors (Lipinski definition) is 3. The predicted molar refractivity (Wildman–Crippen MR) is 89.2 cm³/mol. The third-order valence-corrected chi connectivity index (χ3v) is 4.61. The fourth-order valence-electron chi connectivity index (χ4n) is 2.59. The van der Waals surface area contributed by atoms with Gasteiger partial charge < -0.3 is 10.6 Å². The maximum absolute atomic E-state index is 3.64. The quantitative estimate of drug-likeness (QED) is 0.381. The molecule has 2 rings (SSSR count). The first kappa shape index (κ1) is 15.8. The van der Waals surface area contributed by atoms with Crippen molar-refractivity contribution in [1.82, 2.24) is 15.4 Å². The van der Waals surface area contributed by atoms with Crippen LogP contribution in [0.25, 0.3) is 0 Å². The van der Waals surface area contributed by atoms with E-state index in [-0.39, 0.29) is 0 Å². The van der Waals surface area contributed by atoms with Gasteiger partial charge in [0.05, 0.1) is 0 Å². The summed E-state index contributed by atoms with van der Waals surface area (Å²) in [6.07, 6.45) is 12.4. The largest absolute Gasteiger partial charge is 0.383 e. The molecule has 0 aromatic rings. The number of allylic oxidation sites excluding steroid dienone is 4. The molecule has 0 aromatic heterocycles. The summed E-state index contributed by atoms with van der Waals surface area (Å²) in [7, 11) is 0. The summed E-state index contributed by atoms with van der Waals surface area (Å²) in [5, 5.41) is 7.21. The lowest BCUT2D eigenvalue weighted by Crippen LogP contribution is -2.51. The SMILES string of the molecule is CC(C)C/C=C\CCSNC1CNC2=C(CCCC2)N1. The van der Waals surface area contributed by atoms with Gasteiger partial charge in [0, 0.05) is 23.7 Å². The highest BCUT2D eigenvalue weighted by molar-refractivity contribution is 7.97. The van der Waals surface area contributed by atoms with Gasteiger partial charge in [-0.2, -0.15) is 0 Å². The van der Waals surface area contributed by atoms with Crippen LogP contribution in [0.15, 0.2) is 23.5 Å². The van der Waals surface area contributed by atoms with Gasteiger partial charge in [0.25, 0.3) is 0 Å². The summed E-state index contributed by atoms with van der Waals surface area (Å²) in [5.74, 6) is 1.91. The Kier molecular flexibility index (Phi) is 6.80. The minimum Gasteiger partial charge on any atom is -0.383 e. The Bertz CT molecular complexity index is 350. The van der Waals surface area contributed by atoms with Crippen LogP contribution in [0.1, 0.15) is 52.4 Å². The number of rotatable bonds is 7. The van der Waals surface area contributed by atoms with Crippen LogP contribution in [0.4, 0.5) is 0 Å². The van der Waals surface area contributed by atoms with Crippen molar-refractivity contribution in [1.29, 1.82) is 0 Å². The van der Waals surface area contributed by atoms with E-state index in [1.54, 1.807) is 0 Å². The minimum atomic E-state index is 0.372. The molecule has 1 unspecified atom stereocenters. The second-order valence-electron chi connectivity index (χ2n) is 6.10. The maximum Gasteiger partial charge on any atom is 0.103 e. The zero-order valence-corrected chi connectivity index (χ0v) is 13.7. The van der Waals surface area contributed by atoms with Crippen molar-refractivity contribution in [3.05, 3.63) is 23.5 Å². The Labute approximate surface area is 128 Å². The van der Waals surface area contributed by atoms with E-state index in [0.717, 1.165) is 24.6 Å². The zero-order valence-electron chi connectivity index (χ0n) is 12.9. The molecule has 0 saturated heterocycles. The Hall–Kier alpha value is -0.610. The first-order valence-corrected chi connectivity index (χ1v) is 8.99. The van der Waals surface area contributed by atoms with E-state index in [1.165, 1.54) is 43.5 Å². The number of nitrogens with one attached hydrogen (secondary N) is 3. The van der Waals surface area contributed by atoms with Gasteiger partial charge in [-0.25, -0.2) is 4.72 Å². The van der Waals surface area contributed by atoms with Gasteiger partial charge in [-0.3, -0.25) is 0 Å². The molecule has 1 atom stereocenters. The highest BCUT2D eigenvalue weighted by Crippen LogP contribution is 2.23. The molecule has 4 heteroatoms. The van der Waals surface area contributed by atoms with Crippen molar-refractivity contribution >= 4 is 11.9 Å². The Balaban J connectivity index is 1.57. The van der Waals surface area contributed by atoms with Gasteiger partial charge in [0.2, 0.25) is 0 Å². The summed E-state index contributed by atoms with van der Waals surface area (Å²) in [6.45, 7) is 5.52. The average molecular weight is 295 g/mol. The van der Waals surface area contributed by atoms with Gasteiger partial charge in [-0.15, -0.1) is 0 Å². The van der Waals surface area contributed by atoms with Crippen LogP contribution in [0, 0.1) is 5.92 Å². The fourth-order valence-corrected chi connectivity index (χ4v) is 3.31. The summed E-state index contributed by atoms with van der Waals surface area (Å²) in [6, 6.07) is 0. The second kappa shape index (κ2) is 8.63. The lowest BCUT2D eigenvalue weighted by Gasteiger charge is -2.33. The van der Waals surface area contributed by atoms with E-state index >= 15 is 0 Å². The van der Waals surface area contributed by atoms with Crippen molar-refractivity contribution < 1.29 is 0 Å². The third kappa shape index (κ3) is 5.41. The van der Waals surface area contributed by atoms with E-state index in [1.807, 2.05) is 11.9 Å². The van der Waals surface area contributed by atoms with E-state index in [9.17, 15) is 0 Å². The smallest absolute Gasteiger partial charge is 0.103 e. The van der Waals surface area contributed by atoms with Crippen LogP contribution in [0.3, 0.4) is 0 Å². The van der Waals surface area contributed by atoms with Gasteiger partial charge in [-0.05, 0) is 44.4 Å². The summed E-state index contributed by atoms with van der Waals surface area (Å²) in [5.41, 5.74) is 2.90. The maximum atomic E-state index is 3.64. The van der Waals surface area contributed by atoms with Gasteiger partial charge in [-0.1, -0.05) is 37.9 Å². The van der Waals surface area contributed by atoms with Gasteiger partial charge >= 0.3 is 0 Å². The molecule has 0 aromatic carbocycles. The molecule has 1 heterocycles. The summed E-state index contributed by atoms with van der Waals surface area (Å²) in [4.78, 5) is 0. The van der Waals surface area contributed by atoms with Crippen LogP contribution in [0.2, 0.25) is 0 Å². The van der Waals surface area contributed by atoms with Crippen LogP contribution < -0.4 is 15.4 Å². The van der Waals surface area contributed by atoms with E-state index in [4.69, 9.17) is 0 Å². The molecule has 3 nitrogen and oxygen atoms in total. The van der Waals surface area contributed by atoms with Crippen molar-refractivity contribution in [2.24, 2.45) is 5.92 Å². The summed E-state index contributed by atoms with van der Waals surface area (Å²) < 4.78 is 3.53. The first-order valence-electron chi connectivity index (χ1n) is 8.00. The molecule has 0 radical (unpaired) electrons. The van der Waals surface area contributed by atoms with Crippen LogP contribution in [0.5, 0.6) is 0 Å². The Morgan fingerprint density at radius 1 is 1.25 bits per heavy atom. The van der Waals surface area contributed by atoms with Crippen LogP contribution >= 0.6 is 11.9 Å². The molecule has 0 saturated carbocycles. The topological polar surface area (TPSA) is 36.1 Å². The van der Waals surface area contributed by atoms with E-state index in [0.29, 0.717) is 6.17 Å². The monoisotopic (exact) mass is 295 g/mol. The molecule has 114 valence electrons. The van der Waals surface area contributed by atoms with Gasteiger partial charge in [0.1, 0.15) is 6.17 Å². The number of hydrogen-bond acceptors (Lipinski definition) is 4. The standard InChI is InChI=1S/C16H29N3S/c1-13(2)8-4-3-7-11-20-19-16-12-17-14-9-5-6-10-15(14)18-16/h3-4,13,16-19H,5-12H2,1-2H3/b4-3-. The molecule has 0 amide bonds. The Morgan fingerprint density at radius 3 is 2.85 bits per heavy atom. The third-order valence-electron chi connectivity index (χ3n) is 3.72. The van der Waals surface area contributed by atoms with Crippen LogP contribution in [-0.2, 0) is 0 Å². The molecule has 20 heavy (non-hydrogen) atoms. The molecular formula is C16H29N3S. The Morgan fingerprint density at radius 2 is 2.05 bits per heavy atom. The van der Waals surface area contributed by atoms with Gasteiger partial charge in [0.15, 0.2) is 0 Å². The minimum absolute atomic E-state index is 0.372. The van der Waals surface area contributed by atoms with E-state index in [2.05, 4.69) is 41.4 Å². The molecule has 0 fully saturated rings. The molecular weight excluding hydrogens is 266 g/mol. The first-order chi connectivity index (χ1) is 9.75. The lowest BCUT2D eigenvalue weighted by molar-refractivity contribution is 0.438. The second-order valence-corrected chi connectivity index (χ2v) is 7.03. The molecule has 0 spiro atoms. The highest BCUT2D eigenvalue weighted by Gasteiger charge is 2.21. The molecule has 3 N–H and O–H groups in total. The molecule has 1 aliphatic carbocycles. The van der Waals surface area contributed by atoms with E-state index < -0.39 is 0 Å². The summed E-state index contributed by atoms with van der Waals surface area (Å²) >= 11 is 1.83. The fraction of sp³-hybridized carbons (Fsp3) is 0.750. The predicted octanol–water partition coefficient (Wildman–Crippen LogP) is 3.52. The highest BCUT2D eigenvalue weighted by atomic mass is 32.2. The molecule has 0 bridgehead atoms. The molecule has 1 aliphatic heterocycles. The van der Waals surface area contributed by atoms with Crippen molar-refractivity contribution in [2.75, 3.05) is 12.3 Å². The van der Waals surface area contributed by atoms with Crippen molar-refractivity contribution in [2.45, 2.75) is 58.5 Å². The zero-order chi connectivity index (χ0) is 14.2. The van der Waals surface area contributed by atoms with Crippen LogP contribution in [-0.4, -0.2) is 18.5 Å².